The van der Waals surface area contributed by atoms with Crippen molar-refractivity contribution < 1.29 is 9.59 Å². The van der Waals surface area contributed by atoms with Crippen LogP contribution >= 0.6 is 0 Å². The van der Waals surface area contributed by atoms with Crippen LogP contribution in [0.3, 0.4) is 0 Å². The van der Waals surface area contributed by atoms with E-state index in [1.165, 1.54) is 17.1 Å². The average Bonchev–Trinajstić information content (AvgIpc) is 2.76. The van der Waals surface area contributed by atoms with Crippen molar-refractivity contribution in [2.24, 2.45) is 5.92 Å². The highest BCUT2D eigenvalue weighted by Gasteiger charge is 2.06. The highest BCUT2D eigenvalue weighted by molar-refractivity contribution is 5.78. The van der Waals surface area contributed by atoms with Crippen molar-refractivity contribution in [3.05, 3.63) is 18.7 Å². The molecule has 1 heterocycles. The smallest absolute Gasteiger partial charge is 0.326 e. The minimum absolute atomic E-state index is 0.0168. The molecule has 0 radical (unpaired) electrons. The van der Waals surface area contributed by atoms with Gasteiger partial charge in [0, 0.05) is 31.4 Å². The molecule has 0 spiro atoms. The lowest BCUT2D eigenvalue weighted by Crippen LogP contribution is -2.37. The first-order valence-electron chi connectivity index (χ1n) is 5.15. The molecule has 0 fully saturated rings. The van der Waals surface area contributed by atoms with Crippen LogP contribution in [0, 0.1) is 5.92 Å². The van der Waals surface area contributed by atoms with E-state index in [1.807, 2.05) is 13.8 Å². The first-order chi connectivity index (χ1) is 7.61. The highest BCUT2D eigenvalue weighted by Crippen LogP contribution is 1.89. The Bertz CT molecular complexity index is 346. The van der Waals surface area contributed by atoms with Gasteiger partial charge in [0.15, 0.2) is 0 Å². The molecule has 0 saturated carbocycles. The SMILES string of the molecule is CC(C)C(=O)NCCNC(=O)n1ccnc1. The van der Waals surface area contributed by atoms with Crippen molar-refractivity contribution >= 4 is 11.9 Å². The van der Waals surface area contributed by atoms with Crippen molar-refractivity contribution in [2.45, 2.75) is 13.8 Å². The highest BCUT2D eigenvalue weighted by atomic mass is 16.2. The van der Waals surface area contributed by atoms with Gasteiger partial charge in [-0.1, -0.05) is 13.8 Å². The zero-order chi connectivity index (χ0) is 12.0. The van der Waals surface area contributed by atoms with Crippen molar-refractivity contribution in [1.82, 2.24) is 20.2 Å². The third-order valence-corrected chi connectivity index (χ3v) is 1.96. The van der Waals surface area contributed by atoms with Gasteiger partial charge in [-0.3, -0.25) is 9.36 Å². The molecule has 0 aliphatic heterocycles. The number of nitrogens with one attached hydrogen (secondary N) is 2. The Morgan fingerprint density at radius 3 is 2.56 bits per heavy atom. The number of imidazole rings is 1. The molecule has 6 nitrogen and oxygen atoms in total. The molecule has 0 aromatic carbocycles. The molecule has 0 unspecified atom stereocenters. The van der Waals surface area contributed by atoms with E-state index in [9.17, 15) is 9.59 Å². The van der Waals surface area contributed by atoms with Gasteiger partial charge >= 0.3 is 6.03 Å². The molecule has 1 aromatic heterocycles. The topological polar surface area (TPSA) is 76.0 Å². The summed E-state index contributed by atoms with van der Waals surface area (Å²) in [6, 6.07) is -0.253. The molecule has 6 heteroatoms. The molecular formula is C10H16N4O2. The number of aromatic nitrogens is 2. The van der Waals surface area contributed by atoms with Gasteiger partial charge in [0.05, 0.1) is 0 Å². The van der Waals surface area contributed by atoms with Crippen LogP contribution in [0.4, 0.5) is 4.79 Å². The summed E-state index contributed by atoms with van der Waals surface area (Å²) in [5.74, 6) is -0.0544. The number of carbonyl (C=O) groups excluding carboxylic acids is 2. The molecule has 0 aliphatic carbocycles. The minimum atomic E-state index is -0.253. The number of hydrogen-bond acceptors (Lipinski definition) is 3. The Hall–Kier alpha value is -1.85. The standard InChI is InChI=1S/C10H16N4O2/c1-8(2)9(15)12-3-4-13-10(16)14-6-5-11-7-14/h5-8H,3-4H2,1-2H3,(H,12,15)(H,13,16). The zero-order valence-electron chi connectivity index (χ0n) is 9.43. The Morgan fingerprint density at radius 1 is 1.31 bits per heavy atom. The maximum atomic E-state index is 11.4. The lowest BCUT2D eigenvalue weighted by molar-refractivity contribution is -0.123. The second kappa shape index (κ2) is 5.89. The van der Waals surface area contributed by atoms with Crippen LogP contribution in [0.1, 0.15) is 13.8 Å². The molecule has 0 saturated heterocycles. The summed E-state index contributed by atoms with van der Waals surface area (Å²) in [4.78, 5) is 26.3. The maximum Gasteiger partial charge on any atom is 0.326 e. The average molecular weight is 224 g/mol. The lowest BCUT2D eigenvalue weighted by atomic mass is 10.2. The fraction of sp³-hybridized carbons (Fsp3) is 0.500. The van der Waals surface area contributed by atoms with E-state index in [0.717, 1.165) is 0 Å². The first-order valence-corrected chi connectivity index (χ1v) is 5.15. The molecule has 0 atom stereocenters. The van der Waals surface area contributed by atoms with Crippen molar-refractivity contribution in [3.63, 3.8) is 0 Å². The molecule has 1 aromatic rings. The van der Waals surface area contributed by atoms with E-state index in [0.29, 0.717) is 13.1 Å². The van der Waals surface area contributed by atoms with Gasteiger partial charge in [0.2, 0.25) is 5.91 Å². The van der Waals surface area contributed by atoms with E-state index < -0.39 is 0 Å². The predicted octanol–water partition coefficient (Wildman–Crippen LogP) is 0.213. The van der Waals surface area contributed by atoms with E-state index >= 15 is 0 Å². The molecule has 1 rings (SSSR count). The van der Waals surface area contributed by atoms with Gasteiger partial charge in [0.1, 0.15) is 6.33 Å². The van der Waals surface area contributed by atoms with Gasteiger partial charge in [-0.2, -0.15) is 0 Å². The summed E-state index contributed by atoms with van der Waals surface area (Å²) in [6.45, 7) is 4.46. The van der Waals surface area contributed by atoms with Crippen LogP contribution in [-0.2, 0) is 4.79 Å². The van der Waals surface area contributed by atoms with Gasteiger partial charge < -0.3 is 10.6 Å². The van der Waals surface area contributed by atoms with Crippen molar-refractivity contribution in [1.29, 1.82) is 0 Å². The summed E-state index contributed by atoms with van der Waals surface area (Å²) in [6.07, 6.45) is 4.50. The fourth-order valence-corrected chi connectivity index (χ4v) is 1.03. The summed E-state index contributed by atoms with van der Waals surface area (Å²) in [5.41, 5.74) is 0. The number of nitrogens with zero attached hydrogens (tertiary/aromatic N) is 2. The van der Waals surface area contributed by atoms with Crippen LogP contribution in [0.2, 0.25) is 0 Å². The Labute approximate surface area is 94.0 Å². The molecule has 16 heavy (non-hydrogen) atoms. The van der Waals surface area contributed by atoms with Gasteiger partial charge in [0.25, 0.3) is 0 Å². The summed E-state index contributed by atoms with van der Waals surface area (Å²) in [5, 5.41) is 5.35. The Morgan fingerprint density at radius 2 is 2.00 bits per heavy atom. The van der Waals surface area contributed by atoms with Crippen LogP contribution in [-0.4, -0.2) is 34.6 Å². The quantitative estimate of drug-likeness (QED) is 0.718. The number of amides is 2. The van der Waals surface area contributed by atoms with Crippen LogP contribution in [0.5, 0.6) is 0 Å². The van der Waals surface area contributed by atoms with E-state index in [4.69, 9.17) is 0 Å². The third-order valence-electron chi connectivity index (χ3n) is 1.96. The zero-order valence-corrected chi connectivity index (χ0v) is 9.43. The summed E-state index contributed by atoms with van der Waals surface area (Å²) >= 11 is 0. The predicted molar refractivity (Wildman–Crippen MR) is 58.9 cm³/mol. The number of carbonyl (C=O) groups is 2. The molecular weight excluding hydrogens is 208 g/mol. The minimum Gasteiger partial charge on any atom is -0.354 e. The van der Waals surface area contributed by atoms with Gasteiger partial charge in [-0.15, -0.1) is 0 Å². The summed E-state index contributed by atoms with van der Waals surface area (Å²) < 4.78 is 1.34. The number of rotatable bonds is 4. The molecule has 0 bridgehead atoms. The Kier molecular flexibility index (Phi) is 4.50. The van der Waals surface area contributed by atoms with Crippen molar-refractivity contribution in [2.75, 3.05) is 13.1 Å². The first kappa shape index (κ1) is 12.2. The van der Waals surface area contributed by atoms with Crippen LogP contribution in [0.25, 0.3) is 0 Å². The third kappa shape index (κ3) is 3.72. The summed E-state index contributed by atoms with van der Waals surface area (Å²) in [7, 11) is 0. The largest absolute Gasteiger partial charge is 0.354 e. The number of hydrogen-bond donors (Lipinski definition) is 2. The monoisotopic (exact) mass is 224 g/mol. The fourth-order valence-electron chi connectivity index (χ4n) is 1.03. The normalized spacial score (nSPS) is 10.2. The van der Waals surface area contributed by atoms with E-state index in [-0.39, 0.29) is 17.9 Å². The van der Waals surface area contributed by atoms with Crippen LogP contribution in [0.15, 0.2) is 18.7 Å². The molecule has 2 N–H and O–H groups in total. The van der Waals surface area contributed by atoms with Crippen molar-refractivity contribution in [3.8, 4) is 0 Å². The Balaban J connectivity index is 2.17. The molecule has 2 amide bonds. The second-order valence-corrected chi connectivity index (χ2v) is 3.65. The second-order valence-electron chi connectivity index (χ2n) is 3.65. The van der Waals surface area contributed by atoms with Gasteiger partial charge in [-0.05, 0) is 0 Å². The van der Waals surface area contributed by atoms with E-state index in [2.05, 4.69) is 15.6 Å². The maximum absolute atomic E-state index is 11.4. The lowest BCUT2D eigenvalue weighted by Gasteiger charge is -2.08. The van der Waals surface area contributed by atoms with Crippen LogP contribution < -0.4 is 10.6 Å². The van der Waals surface area contributed by atoms with Gasteiger partial charge in [-0.25, -0.2) is 9.78 Å². The molecule has 88 valence electrons. The van der Waals surface area contributed by atoms with E-state index in [1.54, 1.807) is 6.20 Å². The molecule has 0 aliphatic rings.